The second-order valence-electron chi connectivity index (χ2n) is 1.07. The Hall–Kier alpha value is -1.59. The lowest BCUT2D eigenvalue weighted by atomic mass is 10.8. The third-order valence-electron chi connectivity index (χ3n) is 0.350. The van der Waals surface area contributed by atoms with Crippen LogP contribution in [0.4, 0.5) is 4.79 Å². The van der Waals surface area contributed by atoms with Gasteiger partial charge in [-0.15, -0.1) is 0 Å². The Bertz CT molecular complexity index is 154. The molecule has 0 saturated carbocycles. The van der Waals surface area contributed by atoms with Gasteiger partial charge in [0.15, 0.2) is 0 Å². The van der Waals surface area contributed by atoms with Crippen LogP contribution in [-0.4, -0.2) is 23.3 Å². The van der Waals surface area contributed by atoms with E-state index in [2.05, 4.69) is 10.8 Å². The lowest BCUT2D eigenvalue weighted by Crippen LogP contribution is -2.24. The largest absolute Gasteiger partial charge is 0.477 e. The van der Waals surface area contributed by atoms with Gasteiger partial charge in [0.1, 0.15) is 6.21 Å². The van der Waals surface area contributed by atoms with Gasteiger partial charge in [0.2, 0.25) is 0 Å². The summed E-state index contributed by atoms with van der Waals surface area (Å²) in [5.41, 5.74) is 6.23. The Kier molecular flexibility index (Phi) is 6.23. The van der Waals surface area contributed by atoms with Gasteiger partial charge < -0.3 is 10.8 Å². The molecule has 6 nitrogen and oxygen atoms in total. The normalized spacial score (nSPS) is 8.40. The van der Waals surface area contributed by atoms with E-state index < -0.39 is 12.0 Å². The van der Waals surface area contributed by atoms with E-state index in [9.17, 15) is 9.59 Å². The van der Waals surface area contributed by atoms with Crippen molar-refractivity contribution in [3.63, 3.8) is 0 Å². The number of carbonyl (C=O) groups excluding carboxylic acids is 1. The first-order valence-electron chi connectivity index (χ1n) is 1.94. The topological polar surface area (TPSA) is 105 Å². The molecule has 0 aliphatic carbocycles. The van der Waals surface area contributed by atoms with Gasteiger partial charge in [0.25, 0.3) is 0 Å². The Morgan fingerprint density at radius 3 is 2.40 bits per heavy atom. The van der Waals surface area contributed by atoms with Crippen LogP contribution in [0.2, 0.25) is 0 Å². The van der Waals surface area contributed by atoms with Gasteiger partial charge in [-0.1, -0.05) is 7.43 Å². The minimum Gasteiger partial charge on any atom is -0.477 e. The summed E-state index contributed by atoms with van der Waals surface area (Å²) in [5, 5.41) is 10.8. The summed E-state index contributed by atoms with van der Waals surface area (Å²) in [6.07, 6.45) is 0.519. The predicted octanol–water partition coefficient (Wildman–Crippen LogP) is -0.639. The van der Waals surface area contributed by atoms with E-state index in [0.717, 1.165) is 0 Å². The second-order valence-corrected chi connectivity index (χ2v) is 1.07. The molecular weight excluding hydrogens is 138 g/mol. The first-order chi connectivity index (χ1) is 4.13. The fourth-order valence-corrected chi connectivity index (χ4v) is 0.151. The van der Waals surface area contributed by atoms with Gasteiger partial charge in [-0.05, 0) is 0 Å². The third kappa shape index (κ3) is 9.65. The number of nitrogens with two attached hydrogens (primary N) is 1. The Balaban J connectivity index is 0. The van der Waals surface area contributed by atoms with Gasteiger partial charge in [-0.3, -0.25) is 0 Å². The van der Waals surface area contributed by atoms with Crippen LogP contribution in [0.15, 0.2) is 5.10 Å². The van der Waals surface area contributed by atoms with Crippen LogP contribution in [-0.2, 0) is 4.79 Å². The van der Waals surface area contributed by atoms with E-state index in [4.69, 9.17) is 5.11 Å². The highest BCUT2D eigenvalue weighted by atomic mass is 16.4. The zero-order chi connectivity index (χ0) is 7.28. The molecule has 0 aliphatic rings. The van der Waals surface area contributed by atoms with Crippen molar-refractivity contribution in [2.24, 2.45) is 10.8 Å². The highest BCUT2D eigenvalue weighted by Crippen LogP contribution is 1.57. The number of hydrogen-bond donors (Lipinski definition) is 3. The SMILES string of the molecule is C.NC(=O)N/N=C/C(=O)O. The van der Waals surface area contributed by atoms with Crippen molar-refractivity contribution in [1.82, 2.24) is 5.43 Å². The maximum absolute atomic E-state index is 9.79. The molecule has 58 valence electrons. The summed E-state index contributed by atoms with van der Waals surface area (Å²) in [7, 11) is 0. The molecule has 0 heterocycles. The highest BCUT2D eigenvalue weighted by molar-refractivity contribution is 6.22. The number of nitrogens with zero attached hydrogens (tertiary/aromatic N) is 1. The number of carbonyl (C=O) groups is 2. The number of hydrogen-bond acceptors (Lipinski definition) is 3. The number of carboxylic acid groups (broad SMARTS) is 1. The summed E-state index contributed by atoms with van der Waals surface area (Å²) < 4.78 is 0. The molecule has 10 heavy (non-hydrogen) atoms. The molecule has 0 bridgehead atoms. The fourth-order valence-electron chi connectivity index (χ4n) is 0.151. The maximum Gasteiger partial charge on any atom is 0.348 e. The van der Waals surface area contributed by atoms with E-state index in [-0.39, 0.29) is 7.43 Å². The monoisotopic (exact) mass is 147 g/mol. The van der Waals surface area contributed by atoms with Crippen molar-refractivity contribution < 1.29 is 14.7 Å². The molecule has 0 atom stereocenters. The number of rotatable bonds is 2. The van der Waals surface area contributed by atoms with Crippen LogP contribution in [0.5, 0.6) is 0 Å². The molecule has 0 radical (unpaired) electrons. The average Bonchev–Trinajstić information content (AvgIpc) is 1.63. The molecule has 0 aromatic carbocycles. The number of hydrazone groups is 1. The standard InChI is InChI=1S/C3H5N3O3.CH4/c4-3(9)6-5-1-2(7)8;/h1H,(H,7,8)(H3,4,6,9);1H4/b5-1+;. The van der Waals surface area contributed by atoms with Crippen LogP contribution >= 0.6 is 0 Å². The summed E-state index contributed by atoms with van der Waals surface area (Å²) >= 11 is 0. The molecule has 0 unspecified atom stereocenters. The van der Waals surface area contributed by atoms with Crippen molar-refractivity contribution in [3.8, 4) is 0 Å². The molecule has 0 rings (SSSR count). The van der Waals surface area contributed by atoms with Gasteiger partial charge in [-0.25, -0.2) is 15.0 Å². The quantitative estimate of drug-likeness (QED) is 0.357. The lowest BCUT2D eigenvalue weighted by molar-refractivity contribution is -0.128. The van der Waals surface area contributed by atoms with Crippen LogP contribution in [0.1, 0.15) is 7.43 Å². The number of urea groups is 1. The minimum absolute atomic E-state index is 0. The summed E-state index contributed by atoms with van der Waals surface area (Å²) in [6, 6.07) is -0.896. The Morgan fingerprint density at radius 2 is 2.10 bits per heavy atom. The van der Waals surface area contributed by atoms with Crippen molar-refractivity contribution in [2.45, 2.75) is 7.43 Å². The van der Waals surface area contributed by atoms with E-state index in [1.54, 1.807) is 5.43 Å². The van der Waals surface area contributed by atoms with Gasteiger partial charge in [0, 0.05) is 0 Å². The molecule has 4 N–H and O–H groups in total. The number of aliphatic carboxylic acids is 1. The Labute approximate surface area is 57.7 Å². The van der Waals surface area contributed by atoms with Gasteiger partial charge >= 0.3 is 12.0 Å². The van der Waals surface area contributed by atoms with Crippen molar-refractivity contribution in [3.05, 3.63) is 0 Å². The molecular formula is C4H9N3O3. The van der Waals surface area contributed by atoms with Crippen molar-refractivity contribution in [1.29, 1.82) is 0 Å². The first-order valence-corrected chi connectivity index (χ1v) is 1.94. The maximum atomic E-state index is 9.79. The second kappa shape index (κ2) is 5.54. The van der Waals surface area contributed by atoms with E-state index in [1.165, 1.54) is 0 Å². The van der Waals surface area contributed by atoms with E-state index in [1.807, 2.05) is 0 Å². The zero-order valence-electron chi connectivity index (χ0n) is 4.37. The third-order valence-corrected chi connectivity index (χ3v) is 0.350. The van der Waals surface area contributed by atoms with Gasteiger partial charge in [-0.2, -0.15) is 5.10 Å². The molecule has 0 aromatic rings. The van der Waals surface area contributed by atoms with Crippen LogP contribution in [0.25, 0.3) is 0 Å². The molecule has 6 heteroatoms. The lowest BCUT2D eigenvalue weighted by Gasteiger charge is -1.86. The molecule has 0 aromatic heterocycles. The van der Waals surface area contributed by atoms with Crippen LogP contribution in [0.3, 0.4) is 0 Å². The molecule has 0 saturated heterocycles. The van der Waals surface area contributed by atoms with Crippen LogP contribution < -0.4 is 11.2 Å². The minimum atomic E-state index is -1.25. The van der Waals surface area contributed by atoms with E-state index >= 15 is 0 Å². The zero-order valence-corrected chi connectivity index (χ0v) is 4.37. The summed E-state index contributed by atoms with van der Waals surface area (Å²) in [6.45, 7) is 0. The average molecular weight is 147 g/mol. The van der Waals surface area contributed by atoms with E-state index in [0.29, 0.717) is 6.21 Å². The number of carboxylic acids is 1. The first kappa shape index (κ1) is 11.2. The van der Waals surface area contributed by atoms with Crippen LogP contribution in [0, 0.1) is 0 Å². The molecule has 0 aliphatic heterocycles. The summed E-state index contributed by atoms with van der Waals surface area (Å²) in [4.78, 5) is 19.4. The van der Waals surface area contributed by atoms with Crippen molar-refractivity contribution in [2.75, 3.05) is 0 Å². The molecule has 0 fully saturated rings. The van der Waals surface area contributed by atoms with Crippen molar-refractivity contribution >= 4 is 18.2 Å². The number of primary amides is 1. The predicted molar refractivity (Wildman–Crippen MR) is 35.6 cm³/mol. The number of nitrogens with one attached hydrogen (secondary N) is 1. The van der Waals surface area contributed by atoms with Gasteiger partial charge in [0.05, 0.1) is 0 Å². The summed E-state index contributed by atoms with van der Waals surface area (Å²) in [5.74, 6) is -1.25. The highest BCUT2D eigenvalue weighted by Gasteiger charge is 1.86. The number of amides is 2. The Morgan fingerprint density at radius 1 is 1.60 bits per heavy atom. The molecule has 2 amide bonds. The molecule has 0 spiro atoms. The smallest absolute Gasteiger partial charge is 0.348 e. The fraction of sp³-hybridized carbons (Fsp3) is 0.250.